The minimum atomic E-state index is 0.0743. The zero-order valence-electron chi connectivity index (χ0n) is 15.3. The summed E-state index contributed by atoms with van der Waals surface area (Å²) >= 11 is 0. The molecule has 2 heterocycles. The summed E-state index contributed by atoms with van der Waals surface area (Å²) in [7, 11) is 0. The second-order valence-electron chi connectivity index (χ2n) is 6.83. The Labute approximate surface area is 158 Å². The van der Waals surface area contributed by atoms with E-state index in [1.807, 2.05) is 29.2 Å². The lowest BCUT2D eigenvalue weighted by molar-refractivity contribution is 0.0628. The summed E-state index contributed by atoms with van der Waals surface area (Å²) in [6.07, 6.45) is 1.30. The monoisotopic (exact) mass is 362 g/mol. The molecule has 1 aromatic heterocycles. The van der Waals surface area contributed by atoms with Gasteiger partial charge in [-0.2, -0.15) is 4.98 Å². The summed E-state index contributed by atoms with van der Waals surface area (Å²) < 4.78 is 4.76. The summed E-state index contributed by atoms with van der Waals surface area (Å²) in [5.41, 5.74) is 4.20. The summed E-state index contributed by atoms with van der Waals surface area (Å²) in [5, 5.41) is 3.81. The lowest BCUT2D eigenvalue weighted by Gasteiger charge is -2.35. The molecular formula is C21H22N4O2. The molecule has 1 saturated heterocycles. The number of carbonyl (C=O) groups is 1. The molecule has 27 heavy (non-hydrogen) atoms. The van der Waals surface area contributed by atoms with Crippen LogP contribution in [0.25, 0.3) is 11.4 Å². The van der Waals surface area contributed by atoms with Crippen molar-refractivity contribution in [3.8, 4) is 11.4 Å². The molecule has 1 aliphatic rings. The number of hydrogen-bond acceptors (Lipinski definition) is 5. The smallest absolute Gasteiger partial charge is 0.253 e. The topological polar surface area (TPSA) is 62.5 Å². The van der Waals surface area contributed by atoms with E-state index in [0.717, 1.165) is 38.3 Å². The molecule has 0 atom stereocenters. The Balaban J connectivity index is 1.35. The van der Waals surface area contributed by atoms with Crippen molar-refractivity contribution in [1.82, 2.24) is 19.9 Å². The van der Waals surface area contributed by atoms with Gasteiger partial charge in [0.25, 0.3) is 5.91 Å². The second kappa shape index (κ2) is 7.72. The van der Waals surface area contributed by atoms with Crippen LogP contribution in [-0.4, -0.2) is 52.0 Å². The normalized spacial score (nSPS) is 15.1. The summed E-state index contributed by atoms with van der Waals surface area (Å²) in [6.45, 7) is 6.36. The number of hydrogen-bond donors (Lipinski definition) is 0. The number of rotatable bonds is 4. The standard InChI is InChI=1S/C21H22N4O2/c1-16-4-2-3-5-19(16)14-24-10-12-25(13-11-24)21(26)18-8-6-17(7-9-18)20-22-15-27-23-20/h2-9,15H,10-14H2,1H3. The fourth-order valence-electron chi connectivity index (χ4n) is 3.38. The number of aryl methyl sites for hydroxylation is 1. The third kappa shape index (κ3) is 3.90. The molecular weight excluding hydrogens is 340 g/mol. The average molecular weight is 362 g/mol. The van der Waals surface area contributed by atoms with E-state index in [1.165, 1.54) is 17.5 Å². The fourth-order valence-corrected chi connectivity index (χ4v) is 3.38. The molecule has 0 saturated carbocycles. The number of carbonyl (C=O) groups excluding carboxylic acids is 1. The quantitative estimate of drug-likeness (QED) is 0.714. The van der Waals surface area contributed by atoms with Gasteiger partial charge in [-0.15, -0.1) is 0 Å². The van der Waals surface area contributed by atoms with Crippen LogP contribution in [-0.2, 0) is 6.54 Å². The van der Waals surface area contributed by atoms with Gasteiger partial charge in [0.1, 0.15) is 0 Å². The van der Waals surface area contributed by atoms with Crippen molar-refractivity contribution in [2.75, 3.05) is 26.2 Å². The van der Waals surface area contributed by atoms with Gasteiger partial charge in [-0.3, -0.25) is 9.69 Å². The van der Waals surface area contributed by atoms with E-state index in [2.05, 4.69) is 46.2 Å². The first-order valence-corrected chi connectivity index (χ1v) is 9.13. The zero-order valence-corrected chi connectivity index (χ0v) is 15.3. The van der Waals surface area contributed by atoms with Crippen LogP contribution in [0.15, 0.2) is 59.4 Å². The average Bonchev–Trinajstić information content (AvgIpc) is 3.25. The molecule has 0 unspecified atom stereocenters. The highest BCUT2D eigenvalue weighted by atomic mass is 16.5. The predicted molar refractivity (Wildman–Crippen MR) is 102 cm³/mol. The van der Waals surface area contributed by atoms with Crippen molar-refractivity contribution in [3.63, 3.8) is 0 Å². The molecule has 6 nitrogen and oxygen atoms in total. The van der Waals surface area contributed by atoms with Gasteiger partial charge < -0.3 is 9.42 Å². The van der Waals surface area contributed by atoms with Crippen molar-refractivity contribution in [2.24, 2.45) is 0 Å². The second-order valence-corrected chi connectivity index (χ2v) is 6.83. The van der Waals surface area contributed by atoms with Crippen LogP contribution in [0.4, 0.5) is 0 Å². The minimum Gasteiger partial charge on any atom is -0.342 e. The van der Waals surface area contributed by atoms with Crippen LogP contribution >= 0.6 is 0 Å². The maximum Gasteiger partial charge on any atom is 0.253 e. The van der Waals surface area contributed by atoms with Gasteiger partial charge >= 0.3 is 0 Å². The SMILES string of the molecule is Cc1ccccc1CN1CCN(C(=O)c2ccc(-c3ncon3)cc2)CC1. The van der Waals surface area contributed by atoms with Gasteiger partial charge in [0, 0.05) is 43.9 Å². The molecule has 1 fully saturated rings. The lowest BCUT2D eigenvalue weighted by Crippen LogP contribution is -2.48. The molecule has 0 spiro atoms. The van der Waals surface area contributed by atoms with E-state index < -0.39 is 0 Å². The van der Waals surface area contributed by atoms with Gasteiger partial charge in [-0.25, -0.2) is 0 Å². The Hall–Kier alpha value is -2.99. The zero-order chi connectivity index (χ0) is 18.6. The molecule has 138 valence electrons. The number of nitrogens with zero attached hydrogens (tertiary/aromatic N) is 4. The summed E-state index contributed by atoms with van der Waals surface area (Å²) in [4.78, 5) is 21.1. The van der Waals surface area contributed by atoms with E-state index in [0.29, 0.717) is 11.4 Å². The van der Waals surface area contributed by atoms with E-state index in [4.69, 9.17) is 4.52 Å². The highest BCUT2D eigenvalue weighted by molar-refractivity contribution is 5.94. The van der Waals surface area contributed by atoms with Gasteiger partial charge in [-0.1, -0.05) is 41.6 Å². The Morgan fingerprint density at radius 2 is 1.78 bits per heavy atom. The van der Waals surface area contributed by atoms with E-state index in [1.54, 1.807) is 0 Å². The maximum absolute atomic E-state index is 12.8. The molecule has 1 amide bonds. The van der Waals surface area contributed by atoms with Crippen LogP contribution in [0.1, 0.15) is 21.5 Å². The van der Waals surface area contributed by atoms with Gasteiger partial charge in [0.15, 0.2) is 0 Å². The predicted octanol–water partition coefficient (Wildman–Crippen LogP) is 3.00. The van der Waals surface area contributed by atoms with Crippen molar-refractivity contribution < 1.29 is 9.32 Å². The van der Waals surface area contributed by atoms with Crippen LogP contribution in [0.5, 0.6) is 0 Å². The molecule has 0 bridgehead atoms. The molecule has 3 aromatic rings. The molecule has 0 N–H and O–H groups in total. The molecule has 1 aliphatic heterocycles. The first kappa shape index (κ1) is 17.4. The molecule has 0 aliphatic carbocycles. The Morgan fingerprint density at radius 3 is 2.44 bits per heavy atom. The molecule has 2 aromatic carbocycles. The minimum absolute atomic E-state index is 0.0743. The first-order chi connectivity index (χ1) is 13.2. The summed E-state index contributed by atoms with van der Waals surface area (Å²) in [5.74, 6) is 0.601. The fraction of sp³-hybridized carbons (Fsp3) is 0.286. The maximum atomic E-state index is 12.8. The van der Waals surface area contributed by atoms with Crippen LogP contribution in [0.3, 0.4) is 0 Å². The first-order valence-electron chi connectivity index (χ1n) is 9.13. The van der Waals surface area contributed by atoms with Gasteiger partial charge in [0.05, 0.1) is 0 Å². The summed E-state index contributed by atoms with van der Waals surface area (Å²) in [6, 6.07) is 15.8. The molecule has 4 rings (SSSR count). The highest BCUT2D eigenvalue weighted by Crippen LogP contribution is 2.17. The van der Waals surface area contributed by atoms with Crippen LogP contribution in [0, 0.1) is 6.92 Å². The van der Waals surface area contributed by atoms with Gasteiger partial charge in [-0.05, 0) is 30.2 Å². The van der Waals surface area contributed by atoms with E-state index in [9.17, 15) is 4.79 Å². The number of benzene rings is 2. The van der Waals surface area contributed by atoms with Crippen molar-refractivity contribution in [3.05, 3.63) is 71.6 Å². The Morgan fingerprint density at radius 1 is 1.04 bits per heavy atom. The van der Waals surface area contributed by atoms with Crippen LogP contribution in [0.2, 0.25) is 0 Å². The lowest BCUT2D eigenvalue weighted by atomic mass is 10.1. The van der Waals surface area contributed by atoms with Crippen LogP contribution < -0.4 is 0 Å². The Bertz CT molecular complexity index is 898. The van der Waals surface area contributed by atoms with Crippen molar-refractivity contribution >= 4 is 5.91 Å². The third-order valence-corrected chi connectivity index (χ3v) is 5.07. The van der Waals surface area contributed by atoms with Crippen molar-refractivity contribution in [2.45, 2.75) is 13.5 Å². The number of piperazine rings is 1. The third-order valence-electron chi connectivity index (χ3n) is 5.07. The van der Waals surface area contributed by atoms with Crippen molar-refractivity contribution in [1.29, 1.82) is 0 Å². The number of amides is 1. The molecule has 6 heteroatoms. The Kier molecular flexibility index (Phi) is 4.98. The highest BCUT2D eigenvalue weighted by Gasteiger charge is 2.22. The molecule has 0 radical (unpaired) electrons. The number of aromatic nitrogens is 2. The van der Waals surface area contributed by atoms with Gasteiger partial charge in [0.2, 0.25) is 12.2 Å². The van der Waals surface area contributed by atoms with E-state index >= 15 is 0 Å². The largest absolute Gasteiger partial charge is 0.342 e. The van der Waals surface area contributed by atoms with E-state index in [-0.39, 0.29) is 5.91 Å².